The van der Waals surface area contributed by atoms with E-state index in [9.17, 15) is 0 Å². The van der Waals surface area contributed by atoms with Crippen LogP contribution in [0, 0.1) is 0 Å². The molecule has 1 heterocycles. The molecule has 2 atom stereocenters. The molecule has 0 spiro atoms. The summed E-state index contributed by atoms with van der Waals surface area (Å²) in [4.78, 5) is 2.51. The Morgan fingerprint density at radius 2 is 1.63 bits per heavy atom. The van der Waals surface area contributed by atoms with E-state index in [1.807, 2.05) is 0 Å². The molecule has 2 heteroatoms. The van der Waals surface area contributed by atoms with Gasteiger partial charge in [0.15, 0.2) is 0 Å². The molecule has 1 aliphatic rings. The van der Waals surface area contributed by atoms with Gasteiger partial charge in [0.1, 0.15) is 0 Å². The van der Waals surface area contributed by atoms with E-state index in [2.05, 4.69) is 37.8 Å². The summed E-state index contributed by atoms with van der Waals surface area (Å²) in [5.41, 5.74) is 6.54. The predicted molar refractivity (Wildman–Crippen MR) is 85.1 cm³/mol. The maximum absolute atomic E-state index is 6.24. The minimum absolute atomic E-state index is 0.137. The SMILES string of the molecule is CCCCCCC(C)(CCCCC)N1CC=CC1N. The monoisotopic (exact) mass is 266 g/mol. The molecule has 0 aromatic heterocycles. The molecule has 0 aromatic rings. The van der Waals surface area contributed by atoms with Crippen molar-refractivity contribution in [3.63, 3.8) is 0 Å². The number of nitrogens with two attached hydrogens (primary N) is 1. The lowest BCUT2D eigenvalue weighted by Gasteiger charge is -2.42. The summed E-state index contributed by atoms with van der Waals surface area (Å²) in [7, 11) is 0. The molecule has 1 aliphatic heterocycles. The summed E-state index contributed by atoms with van der Waals surface area (Å²) < 4.78 is 0. The predicted octanol–water partition coefficient (Wildman–Crippen LogP) is 4.45. The number of unbranched alkanes of at least 4 members (excludes halogenated alkanes) is 5. The van der Waals surface area contributed by atoms with Gasteiger partial charge in [-0.05, 0) is 19.8 Å². The van der Waals surface area contributed by atoms with Crippen molar-refractivity contribution in [3.8, 4) is 0 Å². The number of nitrogens with zero attached hydrogens (tertiary/aromatic N) is 1. The highest BCUT2D eigenvalue weighted by Gasteiger charge is 2.34. The third kappa shape index (κ3) is 5.27. The fraction of sp³-hybridized carbons (Fsp3) is 0.882. The van der Waals surface area contributed by atoms with E-state index < -0.39 is 0 Å². The molecule has 0 bridgehead atoms. The van der Waals surface area contributed by atoms with Gasteiger partial charge in [0.2, 0.25) is 0 Å². The maximum atomic E-state index is 6.24. The molecule has 0 saturated heterocycles. The van der Waals surface area contributed by atoms with Crippen molar-refractivity contribution in [3.05, 3.63) is 12.2 Å². The van der Waals surface area contributed by atoms with Crippen LogP contribution in [0.5, 0.6) is 0 Å². The molecule has 2 unspecified atom stereocenters. The van der Waals surface area contributed by atoms with Crippen LogP contribution in [0.2, 0.25) is 0 Å². The van der Waals surface area contributed by atoms with Crippen LogP contribution in [0.1, 0.15) is 78.6 Å². The zero-order valence-corrected chi connectivity index (χ0v) is 13.3. The third-order valence-electron chi connectivity index (χ3n) is 4.58. The second kappa shape index (κ2) is 8.76. The topological polar surface area (TPSA) is 29.3 Å². The Morgan fingerprint density at radius 3 is 2.16 bits per heavy atom. The van der Waals surface area contributed by atoms with Gasteiger partial charge in [-0.3, -0.25) is 4.90 Å². The van der Waals surface area contributed by atoms with Gasteiger partial charge in [-0.25, -0.2) is 0 Å². The number of rotatable bonds is 10. The van der Waals surface area contributed by atoms with Crippen molar-refractivity contribution >= 4 is 0 Å². The molecule has 112 valence electrons. The lowest BCUT2D eigenvalue weighted by molar-refractivity contribution is 0.0779. The third-order valence-corrected chi connectivity index (χ3v) is 4.58. The molecule has 0 fully saturated rings. The van der Waals surface area contributed by atoms with Crippen molar-refractivity contribution in [1.29, 1.82) is 0 Å². The molecule has 0 amide bonds. The van der Waals surface area contributed by atoms with E-state index >= 15 is 0 Å². The van der Waals surface area contributed by atoms with Gasteiger partial charge in [0.05, 0.1) is 6.17 Å². The largest absolute Gasteiger partial charge is 0.312 e. The van der Waals surface area contributed by atoms with Crippen LogP contribution in [0.15, 0.2) is 12.2 Å². The van der Waals surface area contributed by atoms with E-state index in [1.54, 1.807) is 0 Å². The van der Waals surface area contributed by atoms with E-state index in [0.29, 0.717) is 5.54 Å². The molecule has 0 radical (unpaired) electrons. The first-order chi connectivity index (χ1) is 9.14. The van der Waals surface area contributed by atoms with Crippen LogP contribution in [-0.4, -0.2) is 23.1 Å². The zero-order valence-electron chi connectivity index (χ0n) is 13.3. The molecule has 0 saturated carbocycles. The lowest BCUT2D eigenvalue weighted by atomic mass is 9.86. The summed E-state index contributed by atoms with van der Waals surface area (Å²) in [6, 6.07) is 0. The summed E-state index contributed by atoms with van der Waals surface area (Å²) in [6.07, 6.45) is 16.5. The van der Waals surface area contributed by atoms with Crippen molar-refractivity contribution in [2.24, 2.45) is 5.73 Å². The van der Waals surface area contributed by atoms with Gasteiger partial charge >= 0.3 is 0 Å². The molecule has 0 aromatic carbocycles. The Morgan fingerprint density at radius 1 is 1.05 bits per heavy atom. The Hall–Kier alpha value is -0.340. The van der Waals surface area contributed by atoms with Crippen LogP contribution in [0.4, 0.5) is 0 Å². The minimum atomic E-state index is 0.137. The van der Waals surface area contributed by atoms with Gasteiger partial charge in [0, 0.05) is 12.1 Å². The fourth-order valence-electron chi connectivity index (χ4n) is 3.22. The number of hydrogen-bond acceptors (Lipinski definition) is 2. The standard InChI is InChI=1S/C17H34N2/c1-4-6-8-10-14-17(3,13-9-7-5-2)19-15-11-12-16(19)18/h11-12,16H,4-10,13-15,18H2,1-3H3. The van der Waals surface area contributed by atoms with Crippen molar-refractivity contribution in [2.45, 2.75) is 90.3 Å². The zero-order chi connectivity index (χ0) is 14.1. The minimum Gasteiger partial charge on any atom is -0.312 e. The average Bonchev–Trinajstić information content (AvgIpc) is 2.82. The summed E-state index contributed by atoms with van der Waals surface area (Å²) in [6.45, 7) is 8.03. The quantitative estimate of drug-likeness (QED) is 0.467. The normalized spacial score (nSPS) is 22.8. The Kier molecular flexibility index (Phi) is 7.70. The molecule has 0 aliphatic carbocycles. The second-order valence-electron chi connectivity index (χ2n) is 6.34. The number of hydrogen-bond donors (Lipinski definition) is 1. The first-order valence-corrected chi connectivity index (χ1v) is 8.33. The second-order valence-corrected chi connectivity index (χ2v) is 6.34. The average molecular weight is 266 g/mol. The van der Waals surface area contributed by atoms with E-state index in [1.165, 1.54) is 57.8 Å². The van der Waals surface area contributed by atoms with Gasteiger partial charge in [-0.15, -0.1) is 0 Å². The van der Waals surface area contributed by atoms with Gasteiger partial charge in [-0.2, -0.15) is 0 Å². The van der Waals surface area contributed by atoms with E-state index in [-0.39, 0.29) is 6.17 Å². The molecule has 19 heavy (non-hydrogen) atoms. The highest BCUT2D eigenvalue weighted by Crippen LogP contribution is 2.31. The van der Waals surface area contributed by atoms with Gasteiger partial charge in [-0.1, -0.05) is 70.9 Å². The summed E-state index contributed by atoms with van der Waals surface area (Å²) in [5.74, 6) is 0. The Balaban J connectivity index is 2.50. The molecular formula is C17H34N2. The smallest absolute Gasteiger partial charge is 0.0771 e. The van der Waals surface area contributed by atoms with Crippen LogP contribution in [-0.2, 0) is 0 Å². The first-order valence-electron chi connectivity index (χ1n) is 8.33. The highest BCUT2D eigenvalue weighted by atomic mass is 15.3. The van der Waals surface area contributed by atoms with Gasteiger partial charge in [0.25, 0.3) is 0 Å². The maximum Gasteiger partial charge on any atom is 0.0771 e. The van der Waals surface area contributed by atoms with E-state index in [4.69, 9.17) is 5.73 Å². The van der Waals surface area contributed by atoms with Crippen LogP contribution in [0.25, 0.3) is 0 Å². The Bertz CT molecular complexity index is 262. The lowest BCUT2D eigenvalue weighted by Crippen LogP contribution is -2.52. The first kappa shape index (κ1) is 16.7. The fourth-order valence-corrected chi connectivity index (χ4v) is 3.22. The summed E-state index contributed by atoms with van der Waals surface area (Å²) in [5, 5.41) is 0. The van der Waals surface area contributed by atoms with Crippen molar-refractivity contribution in [2.75, 3.05) is 6.54 Å². The van der Waals surface area contributed by atoms with Crippen LogP contribution >= 0.6 is 0 Å². The van der Waals surface area contributed by atoms with Crippen LogP contribution < -0.4 is 5.73 Å². The molecule has 1 rings (SSSR count). The molecule has 2 nitrogen and oxygen atoms in total. The Labute approximate surface area is 120 Å². The molecular weight excluding hydrogens is 232 g/mol. The van der Waals surface area contributed by atoms with Crippen molar-refractivity contribution < 1.29 is 0 Å². The highest BCUT2D eigenvalue weighted by molar-refractivity contribution is 5.06. The van der Waals surface area contributed by atoms with Crippen molar-refractivity contribution in [1.82, 2.24) is 4.90 Å². The van der Waals surface area contributed by atoms with Crippen LogP contribution in [0.3, 0.4) is 0 Å². The molecule has 2 N–H and O–H groups in total. The summed E-state index contributed by atoms with van der Waals surface area (Å²) >= 11 is 0. The van der Waals surface area contributed by atoms with E-state index in [0.717, 1.165) is 6.54 Å². The van der Waals surface area contributed by atoms with Gasteiger partial charge < -0.3 is 5.73 Å².